The molecule has 0 amide bonds. The summed E-state index contributed by atoms with van der Waals surface area (Å²) in [5, 5.41) is 0.943. The Labute approximate surface area is 146 Å². The summed E-state index contributed by atoms with van der Waals surface area (Å²) in [5.74, 6) is 0.677. The molecule has 0 radical (unpaired) electrons. The molecule has 0 saturated carbocycles. The van der Waals surface area contributed by atoms with E-state index in [2.05, 4.69) is 4.90 Å². The van der Waals surface area contributed by atoms with Gasteiger partial charge in [0.05, 0.1) is 26.4 Å². The van der Waals surface area contributed by atoms with Crippen molar-refractivity contribution in [1.29, 1.82) is 0 Å². The molecule has 0 bridgehead atoms. The van der Waals surface area contributed by atoms with Crippen molar-refractivity contribution in [3.63, 3.8) is 0 Å². The third kappa shape index (κ3) is 3.42. The molecule has 6 heteroatoms. The van der Waals surface area contributed by atoms with E-state index in [9.17, 15) is 4.79 Å². The highest BCUT2D eigenvalue weighted by atomic mass is 16.7. The lowest BCUT2D eigenvalue weighted by atomic mass is 10.00. The largest absolute Gasteiger partial charge is 0.497 e. The lowest BCUT2D eigenvalue weighted by Gasteiger charge is -2.38. The molecule has 2 aromatic rings. The quantitative estimate of drug-likeness (QED) is 0.794. The topological polar surface area (TPSA) is 61.1 Å². The van der Waals surface area contributed by atoms with Gasteiger partial charge in [-0.3, -0.25) is 4.90 Å². The number of methoxy groups -OCH3 is 1. The van der Waals surface area contributed by atoms with E-state index in [4.69, 9.17) is 18.6 Å². The number of rotatable bonds is 4. The maximum absolute atomic E-state index is 12.0. The molecule has 0 spiro atoms. The number of hydrogen-bond acceptors (Lipinski definition) is 6. The molecule has 134 valence electrons. The Morgan fingerprint density at radius 1 is 1.20 bits per heavy atom. The summed E-state index contributed by atoms with van der Waals surface area (Å²) in [6, 6.07) is 7.43. The van der Waals surface area contributed by atoms with Crippen LogP contribution in [0.4, 0.5) is 0 Å². The standard InChI is InChI=1S/C19H23NO5/c1-22-14-5-6-15-13(10-18(21)25-17(15)11-14)12-20-7-3-2-4-16(20)19-23-8-9-24-19/h5-6,10-11,16,19H,2-4,7-9,12H2,1H3. The van der Waals surface area contributed by atoms with Crippen LogP contribution in [0.1, 0.15) is 24.8 Å². The highest BCUT2D eigenvalue weighted by Crippen LogP contribution is 2.28. The molecule has 0 N–H and O–H groups in total. The van der Waals surface area contributed by atoms with Crippen LogP contribution >= 0.6 is 0 Å². The number of nitrogens with zero attached hydrogens (tertiary/aromatic N) is 1. The van der Waals surface area contributed by atoms with Crippen molar-refractivity contribution < 1.29 is 18.6 Å². The Kier molecular flexibility index (Phi) is 4.74. The van der Waals surface area contributed by atoms with Crippen molar-refractivity contribution in [2.24, 2.45) is 0 Å². The lowest BCUT2D eigenvalue weighted by molar-refractivity contribution is -0.111. The summed E-state index contributed by atoms with van der Waals surface area (Å²) >= 11 is 0. The van der Waals surface area contributed by atoms with Gasteiger partial charge in [-0.05, 0) is 37.1 Å². The molecule has 2 aliphatic rings. The fraction of sp³-hybridized carbons (Fsp3) is 0.526. The van der Waals surface area contributed by atoms with Gasteiger partial charge in [0.15, 0.2) is 6.29 Å². The van der Waals surface area contributed by atoms with Gasteiger partial charge < -0.3 is 18.6 Å². The van der Waals surface area contributed by atoms with Gasteiger partial charge in [-0.1, -0.05) is 6.42 Å². The van der Waals surface area contributed by atoms with Crippen molar-refractivity contribution >= 4 is 11.0 Å². The summed E-state index contributed by atoms with van der Waals surface area (Å²) in [4.78, 5) is 14.4. The number of fused-ring (bicyclic) bond motifs is 1. The summed E-state index contributed by atoms with van der Waals surface area (Å²) in [5.41, 5.74) is 1.19. The first kappa shape index (κ1) is 16.6. The van der Waals surface area contributed by atoms with Crippen LogP contribution in [0, 0.1) is 0 Å². The normalized spacial score (nSPS) is 22.5. The molecule has 25 heavy (non-hydrogen) atoms. The van der Waals surface area contributed by atoms with Gasteiger partial charge in [0, 0.05) is 24.1 Å². The van der Waals surface area contributed by atoms with Gasteiger partial charge in [-0.2, -0.15) is 0 Å². The van der Waals surface area contributed by atoms with Crippen LogP contribution in [-0.4, -0.2) is 44.1 Å². The number of ether oxygens (including phenoxy) is 3. The number of piperidine rings is 1. The van der Waals surface area contributed by atoms with Crippen LogP contribution in [-0.2, 0) is 16.0 Å². The van der Waals surface area contributed by atoms with E-state index in [1.165, 1.54) is 6.42 Å². The second kappa shape index (κ2) is 7.15. The van der Waals surface area contributed by atoms with Gasteiger partial charge in [0.2, 0.25) is 0 Å². The van der Waals surface area contributed by atoms with Gasteiger partial charge in [0.1, 0.15) is 11.3 Å². The van der Waals surface area contributed by atoms with Gasteiger partial charge in [-0.15, -0.1) is 0 Å². The van der Waals surface area contributed by atoms with Crippen LogP contribution in [0.25, 0.3) is 11.0 Å². The van der Waals surface area contributed by atoms with Gasteiger partial charge >= 0.3 is 5.63 Å². The highest BCUT2D eigenvalue weighted by Gasteiger charge is 2.33. The predicted molar refractivity (Wildman–Crippen MR) is 92.8 cm³/mol. The molecule has 2 aliphatic heterocycles. The molecule has 3 heterocycles. The van der Waals surface area contributed by atoms with Gasteiger partial charge in [-0.25, -0.2) is 4.79 Å². The Balaban J connectivity index is 1.65. The summed E-state index contributed by atoms with van der Waals surface area (Å²) in [6.07, 6.45) is 3.22. The number of benzene rings is 1. The summed E-state index contributed by atoms with van der Waals surface area (Å²) in [7, 11) is 1.60. The van der Waals surface area contributed by atoms with E-state index < -0.39 is 0 Å². The molecular formula is C19H23NO5. The van der Waals surface area contributed by atoms with E-state index in [-0.39, 0.29) is 18.0 Å². The van der Waals surface area contributed by atoms with E-state index >= 15 is 0 Å². The molecule has 1 aromatic heterocycles. The molecule has 2 fully saturated rings. The minimum atomic E-state index is -0.335. The maximum Gasteiger partial charge on any atom is 0.336 e. The SMILES string of the molecule is COc1ccc2c(CN3CCCCC3C3OCCO3)cc(=O)oc2c1. The second-order valence-electron chi connectivity index (χ2n) is 6.60. The van der Waals surface area contributed by atoms with Crippen molar-refractivity contribution in [1.82, 2.24) is 4.90 Å². The Bertz CT molecular complexity index is 796. The Hall–Kier alpha value is -1.89. The first-order valence-corrected chi connectivity index (χ1v) is 8.82. The Morgan fingerprint density at radius 3 is 2.84 bits per heavy atom. The molecule has 4 rings (SSSR count). The zero-order valence-corrected chi connectivity index (χ0v) is 14.4. The molecule has 6 nitrogen and oxygen atoms in total. The Morgan fingerprint density at radius 2 is 2.04 bits per heavy atom. The zero-order chi connectivity index (χ0) is 17.2. The third-order valence-electron chi connectivity index (χ3n) is 5.04. The smallest absolute Gasteiger partial charge is 0.336 e. The molecule has 1 unspecified atom stereocenters. The van der Waals surface area contributed by atoms with Crippen molar-refractivity contribution in [3.05, 3.63) is 40.2 Å². The predicted octanol–water partition coefficient (Wildman–Crippen LogP) is 2.53. The van der Waals surface area contributed by atoms with Crippen LogP contribution < -0.4 is 10.4 Å². The fourth-order valence-electron chi connectivity index (χ4n) is 3.81. The zero-order valence-electron chi connectivity index (χ0n) is 14.4. The summed E-state index contributed by atoms with van der Waals surface area (Å²) in [6.45, 7) is 2.98. The number of hydrogen-bond donors (Lipinski definition) is 0. The van der Waals surface area contributed by atoms with Crippen LogP contribution in [0.2, 0.25) is 0 Å². The van der Waals surface area contributed by atoms with Crippen molar-refractivity contribution in [2.45, 2.75) is 38.1 Å². The molecule has 0 aliphatic carbocycles. The minimum Gasteiger partial charge on any atom is -0.497 e. The first-order chi connectivity index (χ1) is 12.2. The van der Waals surface area contributed by atoms with Crippen molar-refractivity contribution in [2.75, 3.05) is 26.9 Å². The lowest BCUT2D eigenvalue weighted by Crippen LogP contribution is -2.46. The first-order valence-electron chi connectivity index (χ1n) is 8.82. The number of likely N-dealkylation sites (tertiary alicyclic amines) is 1. The summed E-state index contributed by atoms with van der Waals surface area (Å²) < 4.78 is 22.1. The van der Waals surface area contributed by atoms with E-state index in [1.807, 2.05) is 12.1 Å². The monoisotopic (exact) mass is 345 g/mol. The maximum atomic E-state index is 12.0. The van der Waals surface area contributed by atoms with Gasteiger partial charge in [0.25, 0.3) is 0 Å². The fourth-order valence-corrected chi connectivity index (χ4v) is 3.81. The molecular weight excluding hydrogens is 322 g/mol. The molecule has 1 aromatic carbocycles. The van der Waals surface area contributed by atoms with Crippen LogP contribution in [0.5, 0.6) is 5.75 Å². The molecule has 2 saturated heterocycles. The second-order valence-corrected chi connectivity index (χ2v) is 6.60. The average molecular weight is 345 g/mol. The molecule has 1 atom stereocenters. The van der Waals surface area contributed by atoms with Crippen LogP contribution in [0.15, 0.2) is 33.5 Å². The third-order valence-corrected chi connectivity index (χ3v) is 5.04. The van der Waals surface area contributed by atoms with E-state index in [0.717, 1.165) is 30.3 Å². The van der Waals surface area contributed by atoms with Crippen molar-refractivity contribution in [3.8, 4) is 5.75 Å². The van der Waals surface area contributed by atoms with E-state index in [0.29, 0.717) is 31.1 Å². The minimum absolute atomic E-state index is 0.160. The van der Waals surface area contributed by atoms with E-state index in [1.54, 1.807) is 19.2 Å². The highest BCUT2D eigenvalue weighted by molar-refractivity contribution is 5.81. The van der Waals surface area contributed by atoms with Crippen LogP contribution in [0.3, 0.4) is 0 Å². The average Bonchev–Trinajstić information content (AvgIpc) is 3.16.